The summed E-state index contributed by atoms with van der Waals surface area (Å²) in [7, 11) is 0. The number of hydrogen-bond donors (Lipinski definition) is 2. The minimum Gasteiger partial charge on any atom is -0.370 e. The van der Waals surface area contributed by atoms with E-state index in [9.17, 15) is 13.2 Å². The van der Waals surface area contributed by atoms with Crippen LogP contribution in [-0.4, -0.2) is 26.3 Å². The van der Waals surface area contributed by atoms with Gasteiger partial charge in [-0.1, -0.05) is 6.92 Å². The van der Waals surface area contributed by atoms with Crippen molar-refractivity contribution >= 4 is 17.6 Å². The van der Waals surface area contributed by atoms with Gasteiger partial charge in [-0.3, -0.25) is 0 Å². The molecule has 0 radical (unpaired) electrons. The van der Waals surface area contributed by atoms with E-state index in [-0.39, 0.29) is 11.8 Å². The molecule has 24 heavy (non-hydrogen) atoms. The molecule has 2 aromatic heterocycles. The lowest BCUT2D eigenvalue weighted by atomic mass is 9.82. The van der Waals surface area contributed by atoms with Gasteiger partial charge in [0.05, 0.1) is 12.2 Å². The van der Waals surface area contributed by atoms with Gasteiger partial charge in [-0.25, -0.2) is 9.67 Å². The van der Waals surface area contributed by atoms with Crippen molar-refractivity contribution in [1.29, 1.82) is 0 Å². The maximum absolute atomic E-state index is 13.0. The van der Waals surface area contributed by atoms with Crippen LogP contribution in [0.1, 0.15) is 38.3 Å². The van der Waals surface area contributed by atoms with Gasteiger partial charge in [0, 0.05) is 18.8 Å². The summed E-state index contributed by atoms with van der Waals surface area (Å²) >= 11 is 0. The molecule has 0 amide bonds. The Morgan fingerprint density at radius 2 is 2.08 bits per heavy atom. The smallest absolute Gasteiger partial charge is 0.370 e. The summed E-state index contributed by atoms with van der Waals surface area (Å²) in [6.45, 7) is 4.22. The molecule has 0 aromatic carbocycles. The van der Waals surface area contributed by atoms with Gasteiger partial charge in [0.1, 0.15) is 17.2 Å². The van der Waals surface area contributed by atoms with Crippen molar-refractivity contribution < 1.29 is 13.2 Å². The van der Waals surface area contributed by atoms with Gasteiger partial charge in [-0.2, -0.15) is 23.3 Å². The first-order valence-electron chi connectivity index (χ1n) is 7.87. The predicted octanol–water partition coefficient (Wildman–Crippen LogP) is 3.84. The molecule has 2 aromatic rings. The first-order chi connectivity index (χ1) is 11.4. The molecule has 0 spiro atoms. The molecule has 0 aliphatic heterocycles. The van der Waals surface area contributed by atoms with Crippen molar-refractivity contribution in [3.05, 3.63) is 24.0 Å². The first kappa shape index (κ1) is 16.5. The normalized spacial score (nSPS) is 20.5. The van der Waals surface area contributed by atoms with Crippen molar-refractivity contribution in [1.82, 2.24) is 19.7 Å². The second kappa shape index (κ2) is 6.29. The van der Waals surface area contributed by atoms with Gasteiger partial charge in [-0.15, -0.1) is 0 Å². The molecular formula is C15H19F3N6. The fourth-order valence-corrected chi connectivity index (χ4v) is 2.83. The van der Waals surface area contributed by atoms with Gasteiger partial charge < -0.3 is 10.6 Å². The number of rotatable bonds is 5. The number of hydrogen-bond acceptors (Lipinski definition) is 5. The molecule has 1 saturated carbocycles. The molecule has 0 bridgehead atoms. The Hall–Kier alpha value is -2.32. The molecule has 1 fully saturated rings. The summed E-state index contributed by atoms with van der Waals surface area (Å²) < 4.78 is 40.8. The summed E-state index contributed by atoms with van der Waals surface area (Å²) in [4.78, 5) is 7.77. The van der Waals surface area contributed by atoms with Crippen molar-refractivity contribution in [2.24, 2.45) is 5.92 Å². The molecule has 130 valence electrons. The van der Waals surface area contributed by atoms with Crippen LogP contribution in [0.15, 0.2) is 18.5 Å². The molecule has 0 unspecified atom stereocenters. The van der Waals surface area contributed by atoms with Crippen LogP contribution in [0.5, 0.6) is 0 Å². The van der Waals surface area contributed by atoms with E-state index in [2.05, 4.69) is 32.6 Å². The fourth-order valence-electron chi connectivity index (χ4n) is 2.83. The standard InChI is InChI=1S/C15H19F3N6/c1-3-19-13-11(15(16,17)18)8-20-14(23-13)22-12-4-5-21-24(12)10-6-9(2)7-10/h4-5,8-10H,3,6-7H2,1-2H3,(H2,19,20,22,23)/t9-,10-. The number of halogens is 3. The lowest BCUT2D eigenvalue weighted by molar-refractivity contribution is -0.137. The van der Waals surface area contributed by atoms with E-state index in [1.807, 2.05) is 4.68 Å². The maximum atomic E-state index is 13.0. The van der Waals surface area contributed by atoms with Crippen molar-refractivity contribution in [2.75, 3.05) is 17.2 Å². The number of aromatic nitrogens is 4. The second-order valence-electron chi connectivity index (χ2n) is 6.00. The van der Waals surface area contributed by atoms with E-state index in [1.54, 1.807) is 19.2 Å². The van der Waals surface area contributed by atoms with Crippen LogP contribution < -0.4 is 10.6 Å². The first-order valence-corrected chi connectivity index (χ1v) is 7.87. The summed E-state index contributed by atoms with van der Waals surface area (Å²) in [5.74, 6) is 1.21. The van der Waals surface area contributed by atoms with Gasteiger partial charge in [0.2, 0.25) is 5.95 Å². The molecule has 1 aliphatic carbocycles. The van der Waals surface area contributed by atoms with Gasteiger partial charge in [0.15, 0.2) is 0 Å². The predicted molar refractivity (Wildman–Crippen MR) is 84.1 cm³/mol. The Morgan fingerprint density at radius 3 is 2.71 bits per heavy atom. The SMILES string of the molecule is CCNc1nc(Nc2ccnn2[C@H]2C[C@H](C)C2)ncc1C(F)(F)F. The van der Waals surface area contributed by atoms with E-state index in [0.717, 1.165) is 19.0 Å². The largest absolute Gasteiger partial charge is 0.421 e. The number of nitrogens with one attached hydrogen (secondary N) is 2. The average Bonchev–Trinajstić information content (AvgIpc) is 2.91. The molecule has 3 rings (SSSR count). The van der Waals surface area contributed by atoms with Gasteiger partial charge in [-0.05, 0) is 25.7 Å². The highest BCUT2D eigenvalue weighted by atomic mass is 19.4. The molecule has 9 heteroatoms. The van der Waals surface area contributed by atoms with Gasteiger partial charge in [0.25, 0.3) is 0 Å². The molecule has 2 N–H and O–H groups in total. The third-order valence-electron chi connectivity index (χ3n) is 4.04. The zero-order chi connectivity index (χ0) is 17.3. The third-order valence-corrected chi connectivity index (χ3v) is 4.04. The van der Waals surface area contributed by atoms with Crippen molar-refractivity contribution in [3.8, 4) is 0 Å². The highest BCUT2D eigenvalue weighted by Gasteiger charge is 2.35. The quantitative estimate of drug-likeness (QED) is 0.866. The molecule has 1 aliphatic rings. The highest BCUT2D eigenvalue weighted by Crippen LogP contribution is 2.39. The summed E-state index contributed by atoms with van der Waals surface area (Å²) in [6.07, 6.45) is 0.0136. The van der Waals surface area contributed by atoms with Gasteiger partial charge >= 0.3 is 6.18 Å². The summed E-state index contributed by atoms with van der Waals surface area (Å²) in [6, 6.07) is 2.07. The van der Waals surface area contributed by atoms with Crippen LogP contribution in [0.3, 0.4) is 0 Å². The van der Waals surface area contributed by atoms with Crippen molar-refractivity contribution in [2.45, 2.75) is 38.9 Å². The number of alkyl halides is 3. The van der Waals surface area contributed by atoms with Crippen LogP contribution in [-0.2, 0) is 6.18 Å². The third kappa shape index (κ3) is 3.29. The lowest BCUT2D eigenvalue weighted by Crippen LogP contribution is -2.26. The zero-order valence-corrected chi connectivity index (χ0v) is 13.4. The van der Waals surface area contributed by atoms with Crippen LogP contribution in [0.2, 0.25) is 0 Å². The van der Waals surface area contributed by atoms with E-state index >= 15 is 0 Å². The van der Waals surface area contributed by atoms with E-state index < -0.39 is 11.7 Å². The topological polar surface area (TPSA) is 67.7 Å². The molecule has 0 saturated heterocycles. The van der Waals surface area contributed by atoms with E-state index in [1.165, 1.54) is 0 Å². The van der Waals surface area contributed by atoms with Crippen molar-refractivity contribution in [3.63, 3.8) is 0 Å². The van der Waals surface area contributed by atoms with E-state index in [4.69, 9.17) is 0 Å². The van der Waals surface area contributed by atoms with Crippen LogP contribution in [0, 0.1) is 5.92 Å². The minimum atomic E-state index is -4.50. The summed E-state index contributed by atoms with van der Waals surface area (Å²) in [5.41, 5.74) is -0.878. The van der Waals surface area contributed by atoms with Crippen LogP contribution in [0.25, 0.3) is 0 Å². The Balaban J connectivity index is 1.83. The lowest BCUT2D eigenvalue weighted by Gasteiger charge is -2.33. The highest BCUT2D eigenvalue weighted by molar-refractivity contribution is 5.54. The molecule has 2 heterocycles. The second-order valence-corrected chi connectivity index (χ2v) is 6.00. The Kier molecular flexibility index (Phi) is 4.33. The minimum absolute atomic E-state index is 0.105. The fraction of sp³-hybridized carbons (Fsp3) is 0.533. The maximum Gasteiger partial charge on any atom is 0.421 e. The monoisotopic (exact) mass is 340 g/mol. The Morgan fingerprint density at radius 1 is 1.33 bits per heavy atom. The zero-order valence-electron chi connectivity index (χ0n) is 13.4. The Bertz CT molecular complexity index is 705. The van der Waals surface area contributed by atoms with Crippen LogP contribution in [0.4, 0.5) is 30.8 Å². The Labute approximate surface area is 137 Å². The molecular weight excluding hydrogens is 321 g/mol. The molecule has 6 nitrogen and oxygen atoms in total. The number of nitrogens with zero attached hydrogens (tertiary/aromatic N) is 4. The van der Waals surface area contributed by atoms with E-state index in [0.29, 0.717) is 24.3 Å². The summed E-state index contributed by atoms with van der Waals surface area (Å²) in [5, 5.41) is 9.89. The van der Waals surface area contributed by atoms with Crippen LogP contribution >= 0.6 is 0 Å². The molecule has 0 atom stereocenters. The average molecular weight is 340 g/mol. The number of anilines is 3.